The minimum absolute atomic E-state index is 0. The van der Waals surface area contributed by atoms with Crippen molar-refractivity contribution in [2.45, 2.75) is 13.8 Å². The lowest BCUT2D eigenvalue weighted by atomic mass is 10.4. The fraction of sp³-hybridized carbons (Fsp3) is 0.909. The Kier molecular flexibility index (Phi) is 15.3. The molecule has 1 amide bonds. The predicted molar refractivity (Wildman–Crippen MR) is 70.7 cm³/mol. The minimum atomic E-state index is 0. The van der Waals surface area contributed by atoms with E-state index in [1.807, 2.05) is 13.8 Å². The van der Waals surface area contributed by atoms with Gasteiger partial charge in [-0.05, 0) is 13.8 Å². The second-order valence-electron chi connectivity index (χ2n) is 3.34. The molecule has 0 fully saturated rings. The number of rotatable bonds is 10. The number of hydrogen-bond donors (Lipinski definition) is 1. The molecule has 0 spiro atoms. The number of likely N-dealkylation sites (N-methyl/N-ethyl adjacent to an activating group) is 1. The maximum absolute atomic E-state index is 11.7. The van der Waals surface area contributed by atoms with Crippen LogP contribution in [-0.4, -0.2) is 63.9 Å². The zero-order valence-electron chi connectivity index (χ0n) is 11.0. The molecule has 0 aliphatic rings. The van der Waals surface area contributed by atoms with Crippen LogP contribution in [0.1, 0.15) is 13.8 Å². The summed E-state index contributed by atoms with van der Waals surface area (Å²) in [5, 5.41) is 3.03. The number of nitrogens with one attached hydrogen (secondary N) is 1. The van der Waals surface area contributed by atoms with Crippen molar-refractivity contribution in [2.75, 3.05) is 53.1 Å². The first-order valence-corrected chi connectivity index (χ1v) is 5.81. The molecule has 0 aromatic heterocycles. The molecule has 0 aromatic rings. The van der Waals surface area contributed by atoms with Gasteiger partial charge in [-0.1, -0.05) is 0 Å². The average molecular weight is 269 g/mol. The van der Waals surface area contributed by atoms with Crippen LogP contribution in [-0.2, 0) is 14.3 Å². The summed E-state index contributed by atoms with van der Waals surface area (Å²) in [6.07, 6.45) is 0. The molecule has 0 unspecified atom stereocenters. The van der Waals surface area contributed by atoms with E-state index in [4.69, 9.17) is 9.47 Å². The normalized spacial score (nSPS) is 9.82. The molecule has 0 aliphatic carbocycles. The van der Waals surface area contributed by atoms with Gasteiger partial charge in [-0.2, -0.15) is 0 Å². The van der Waals surface area contributed by atoms with Gasteiger partial charge in [0, 0.05) is 33.4 Å². The number of carbonyl (C=O) groups is 1. The lowest BCUT2D eigenvalue weighted by Crippen LogP contribution is -2.40. The van der Waals surface area contributed by atoms with Crippen molar-refractivity contribution in [2.24, 2.45) is 0 Å². The first kappa shape index (κ1) is 19.0. The SMILES string of the molecule is CCOCCN(CC)C(=O)CNCCOC.Cl. The zero-order chi connectivity index (χ0) is 12.2. The highest BCUT2D eigenvalue weighted by atomic mass is 35.5. The van der Waals surface area contributed by atoms with Gasteiger partial charge in [0.15, 0.2) is 0 Å². The number of halogens is 1. The van der Waals surface area contributed by atoms with Crippen LogP contribution in [0, 0.1) is 0 Å². The van der Waals surface area contributed by atoms with Gasteiger partial charge in [0.1, 0.15) is 0 Å². The van der Waals surface area contributed by atoms with Gasteiger partial charge in [-0.3, -0.25) is 4.79 Å². The van der Waals surface area contributed by atoms with Gasteiger partial charge < -0.3 is 19.7 Å². The van der Waals surface area contributed by atoms with Crippen LogP contribution in [0.15, 0.2) is 0 Å². The monoisotopic (exact) mass is 268 g/mol. The standard InChI is InChI=1S/C11H24N2O3.ClH/c1-4-13(7-9-16-5-2)11(14)10-12-6-8-15-3;/h12H,4-10H2,1-3H3;1H. The Hall–Kier alpha value is -0.360. The summed E-state index contributed by atoms with van der Waals surface area (Å²) in [7, 11) is 1.64. The van der Waals surface area contributed by atoms with Crippen molar-refractivity contribution < 1.29 is 14.3 Å². The van der Waals surface area contributed by atoms with Gasteiger partial charge in [0.25, 0.3) is 0 Å². The Morgan fingerprint density at radius 1 is 1.29 bits per heavy atom. The van der Waals surface area contributed by atoms with Crippen molar-refractivity contribution in [3.05, 3.63) is 0 Å². The van der Waals surface area contributed by atoms with E-state index in [1.54, 1.807) is 12.0 Å². The Labute approximate surface area is 110 Å². The Morgan fingerprint density at radius 2 is 2.00 bits per heavy atom. The molecule has 0 aliphatic heterocycles. The number of hydrogen-bond acceptors (Lipinski definition) is 4. The quantitative estimate of drug-likeness (QED) is 0.587. The van der Waals surface area contributed by atoms with E-state index in [9.17, 15) is 4.79 Å². The number of amides is 1. The van der Waals surface area contributed by atoms with E-state index >= 15 is 0 Å². The largest absolute Gasteiger partial charge is 0.383 e. The van der Waals surface area contributed by atoms with E-state index < -0.39 is 0 Å². The number of methoxy groups -OCH3 is 1. The summed E-state index contributed by atoms with van der Waals surface area (Å²) in [5.74, 6) is 0.110. The summed E-state index contributed by atoms with van der Waals surface area (Å²) < 4.78 is 10.1. The molecule has 0 saturated carbocycles. The van der Waals surface area contributed by atoms with Crippen LogP contribution in [0.2, 0.25) is 0 Å². The first-order chi connectivity index (χ1) is 7.76. The Balaban J connectivity index is 0. The third kappa shape index (κ3) is 10.5. The predicted octanol–water partition coefficient (Wildman–Crippen LogP) is 0.529. The van der Waals surface area contributed by atoms with Gasteiger partial charge in [-0.25, -0.2) is 0 Å². The van der Waals surface area contributed by atoms with Crippen LogP contribution in [0.4, 0.5) is 0 Å². The zero-order valence-corrected chi connectivity index (χ0v) is 11.8. The van der Waals surface area contributed by atoms with Crippen molar-refractivity contribution >= 4 is 18.3 Å². The summed E-state index contributed by atoms with van der Waals surface area (Å²) in [6, 6.07) is 0. The topological polar surface area (TPSA) is 50.8 Å². The van der Waals surface area contributed by atoms with Gasteiger partial charge in [-0.15, -0.1) is 12.4 Å². The van der Waals surface area contributed by atoms with Crippen LogP contribution in [0.5, 0.6) is 0 Å². The Bertz CT molecular complexity index is 182. The summed E-state index contributed by atoms with van der Waals surface area (Å²) in [6.45, 7) is 8.29. The van der Waals surface area contributed by atoms with E-state index in [0.717, 1.165) is 6.54 Å². The molecule has 1 N–H and O–H groups in total. The molecule has 5 nitrogen and oxygen atoms in total. The molecule has 0 bridgehead atoms. The molecular formula is C11H25ClN2O3. The maximum Gasteiger partial charge on any atom is 0.236 e. The van der Waals surface area contributed by atoms with Crippen LogP contribution in [0.25, 0.3) is 0 Å². The highest BCUT2D eigenvalue weighted by molar-refractivity contribution is 5.85. The van der Waals surface area contributed by atoms with Gasteiger partial charge >= 0.3 is 0 Å². The van der Waals surface area contributed by atoms with Gasteiger partial charge in [0.05, 0.1) is 19.8 Å². The lowest BCUT2D eigenvalue weighted by Gasteiger charge is -2.20. The molecule has 0 saturated heterocycles. The van der Waals surface area contributed by atoms with Crippen LogP contribution >= 0.6 is 12.4 Å². The van der Waals surface area contributed by atoms with Crippen molar-refractivity contribution in [3.63, 3.8) is 0 Å². The van der Waals surface area contributed by atoms with E-state index in [-0.39, 0.29) is 18.3 Å². The minimum Gasteiger partial charge on any atom is -0.383 e. The fourth-order valence-corrected chi connectivity index (χ4v) is 1.26. The summed E-state index contributed by atoms with van der Waals surface area (Å²) in [5.41, 5.74) is 0. The number of nitrogens with zero attached hydrogens (tertiary/aromatic N) is 1. The molecule has 0 aromatic carbocycles. The molecule has 0 heterocycles. The van der Waals surface area contributed by atoms with E-state index in [0.29, 0.717) is 39.5 Å². The van der Waals surface area contributed by atoms with Crippen molar-refractivity contribution in [1.82, 2.24) is 10.2 Å². The molecule has 0 rings (SSSR count). The molecule has 6 heteroatoms. The molecule has 104 valence electrons. The highest BCUT2D eigenvalue weighted by Crippen LogP contribution is 1.89. The number of ether oxygens (including phenoxy) is 2. The maximum atomic E-state index is 11.7. The molecule has 0 radical (unpaired) electrons. The summed E-state index contributed by atoms with van der Waals surface area (Å²) in [4.78, 5) is 13.5. The third-order valence-corrected chi connectivity index (χ3v) is 2.20. The second kappa shape index (κ2) is 13.7. The third-order valence-electron chi connectivity index (χ3n) is 2.20. The van der Waals surface area contributed by atoms with Crippen molar-refractivity contribution in [3.8, 4) is 0 Å². The second-order valence-corrected chi connectivity index (χ2v) is 3.34. The lowest BCUT2D eigenvalue weighted by molar-refractivity contribution is -0.130. The summed E-state index contributed by atoms with van der Waals surface area (Å²) >= 11 is 0. The first-order valence-electron chi connectivity index (χ1n) is 5.81. The highest BCUT2D eigenvalue weighted by Gasteiger charge is 2.09. The van der Waals surface area contributed by atoms with Crippen molar-refractivity contribution in [1.29, 1.82) is 0 Å². The molecular weight excluding hydrogens is 244 g/mol. The molecule has 17 heavy (non-hydrogen) atoms. The fourth-order valence-electron chi connectivity index (χ4n) is 1.26. The van der Waals surface area contributed by atoms with E-state index in [2.05, 4.69) is 5.32 Å². The van der Waals surface area contributed by atoms with Crippen LogP contribution < -0.4 is 5.32 Å². The smallest absolute Gasteiger partial charge is 0.236 e. The van der Waals surface area contributed by atoms with E-state index in [1.165, 1.54) is 0 Å². The molecule has 0 atom stereocenters. The van der Waals surface area contributed by atoms with Gasteiger partial charge in [0.2, 0.25) is 5.91 Å². The average Bonchev–Trinajstić information content (AvgIpc) is 2.30. The number of carbonyl (C=O) groups excluding carboxylic acids is 1. The van der Waals surface area contributed by atoms with Crippen LogP contribution in [0.3, 0.4) is 0 Å². The Morgan fingerprint density at radius 3 is 2.53 bits per heavy atom.